The lowest BCUT2D eigenvalue weighted by molar-refractivity contribution is -0.114. The van der Waals surface area contributed by atoms with Gasteiger partial charge in [0.1, 0.15) is 10.9 Å². The third-order valence-corrected chi connectivity index (χ3v) is 6.18. The number of para-hydroxylation sites is 1. The number of halogens is 1. The maximum absolute atomic E-state index is 14.4. The predicted molar refractivity (Wildman–Crippen MR) is 124 cm³/mol. The van der Waals surface area contributed by atoms with Crippen molar-refractivity contribution < 1.29 is 9.18 Å². The molecular formula is C23H17FN6OS. The molecular weight excluding hydrogens is 427 g/mol. The van der Waals surface area contributed by atoms with Gasteiger partial charge in [-0.2, -0.15) is 15.1 Å². The molecule has 158 valence electrons. The topological polar surface area (TPSA) is 86.7 Å². The predicted octanol–water partition coefficient (Wildman–Crippen LogP) is 4.30. The second-order valence-corrected chi connectivity index (χ2v) is 8.24. The number of thioether (sulfide) groups is 1. The van der Waals surface area contributed by atoms with E-state index in [9.17, 15) is 9.18 Å². The fourth-order valence-electron chi connectivity index (χ4n) is 3.69. The average molecular weight is 444 g/mol. The molecule has 7 nitrogen and oxygen atoms in total. The van der Waals surface area contributed by atoms with E-state index in [-0.39, 0.29) is 17.2 Å². The summed E-state index contributed by atoms with van der Waals surface area (Å²) in [7, 11) is 0. The van der Waals surface area contributed by atoms with Crippen LogP contribution in [0.1, 0.15) is 22.5 Å². The van der Waals surface area contributed by atoms with Gasteiger partial charge in [0.25, 0.3) is 5.91 Å². The number of aromatic nitrogens is 2. The van der Waals surface area contributed by atoms with Crippen LogP contribution in [-0.4, -0.2) is 36.5 Å². The minimum absolute atomic E-state index is 0.0536. The molecule has 2 aliphatic heterocycles. The summed E-state index contributed by atoms with van der Waals surface area (Å²) < 4.78 is 16.2. The number of aliphatic imine (C=N–C) groups is 1. The monoisotopic (exact) mass is 444 g/mol. The van der Waals surface area contributed by atoms with Gasteiger partial charge in [-0.1, -0.05) is 12.1 Å². The third-order valence-electron chi connectivity index (χ3n) is 5.23. The molecule has 0 unspecified atom stereocenters. The molecule has 1 aromatic carbocycles. The van der Waals surface area contributed by atoms with E-state index in [1.807, 2.05) is 26.0 Å². The molecule has 32 heavy (non-hydrogen) atoms. The van der Waals surface area contributed by atoms with Crippen LogP contribution in [0.25, 0.3) is 11.8 Å². The Labute approximate surface area is 187 Å². The number of hydrogen-bond acceptors (Lipinski definition) is 5. The van der Waals surface area contributed by atoms with Gasteiger partial charge in [-0.15, -0.1) is 0 Å². The number of benzene rings is 1. The van der Waals surface area contributed by atoms with Crippen LogP contribution in [0, 0.1) is 25.1 Å². The van der Waals surface area contributed by atoms with Crippen molar-refractivity contribution in [3.63, 3.8) is 0 Å². The number of nitrogens with one attached hydrogen (secondary N) is 1. The van der Waals surface area contributed by atoms with Crippen molar-refractivity contribution in [3.05, 3.63) is 88.8 Å². The van der Waals surface area contributed by atoms with Crippen molar-refractivity contribution in [2.75, 3.05) is 0 Å². The largest absolute Gasteiger partial charge is 0.315 e. The first-order valence-electron chi connectivity index (χ1n) is 9.78. The van der Waals surface area contributed by atoms with E-state index >= 15 is 0 Å². The summed E-state index contributed by atoms with van der Waals surface area (Å²) >= 11 is 1.22. The van der Waals surface area contributed by atoms with Gasteiger partial charge in [0.05, 0.1) is 11.3 Å². The van der Waals surface area contributed by atoms with E-state index in [1.165, 1.54) is 22.8 Å². The van der Waals surface area contributed by atoms with E-state index in [2.05, 4.69) is 15.1 Å². The lowest BCUT2D eigenvalue weighted by atomic mass is 10.1. The maximum atomic E-state index is 14.4. The molecule has 9 heteroatoms. The van der Waals surface area contributed by atoms with Crippen LogP contribution in [0.3, 0.4) is 0 Å². The number of amidine groups is 2. The molecule has 0 radical (unpaired) electrons. The first-order valence-corrected chi connectivity index (χ1v) is 10.6. The van der Waals surface area contributed by atoms with Crippen LogP contribution in [-0.2, 0) is 4.79 Å². The first kappa shape index (κ1) is 20.1. The van der Waals surface area contributed by atoms with Crippen LogP contribution in [0.15, 0.2) is 70.5 Å². The maximum Gasteiger partial charge on any atom is 0.283 e. The number of nitrogens with zero attached hydrogens (tertiary/aromatic N) is 5. The molecule has 2 aromatic heterocycles. The SMILES string of the molecule is Cc1cc(C=C2C(=N)N3N=C(c4cccnc4)SC3=NC2=O)c(C)n1-c1ccccc1F. The molecule has 4 heterocycles. The van der Waals surface area contributed by atoms with Crippen LogP contribution >= 0.6 is 11.8 Å². The summed E-state index contributed by atoms with van der Waals surface area (Å²) in [6.45, 7) is 3.72. The Balaban J connectivity index is 1.53. The van der Waals surface area contributed by atoms with Gasteiger partial charge in [0, 0.05) is 29.3 Å². The van der Waals surface area contributed by atoms with Crippen molar-refractivity contribution in [3.8, 4) is 5.69 Å². The van der Waals surface area contributed by atoms with Gasteiger partial charge in [-0.05, 0) is 67.6 Å². The van der Waals surface area contributed by atoms with Gasteiger partial charge < -0.3 is 4.57 Å². The highest BCUT2D eigenvalue weighted by atomic mass is 32.2. The zero-order chi connectivity index (χ0) is 22.4. The highest BCUT2D eigenvalue weighted by Crippen LogP contribution is 2.31. The van der Waals surface area contributed by atoms with Crippen molar-refractivity contribution in [1.29, 1.82) is 5.41 Å². The van der Waals surface area contributed by atoms with Gasteiger partial charge in [-0.3, -0.25) is 15.2 Å². The van der Waals surface area contributed by atoms with Gasteiger partial charge in [-0.25, -0.2) is 4.39 Å². The molecule has 0 aliphatic carbocycles. The Hall–Kier alpha value is -3.85. The van der Waals surface area contributed by atoms with E-state index in [0.717, 1.165) is 17.0 Å². The van der Waals surface area contributed by atoms with Crippen molar-refractivity contribution in [2.24, 2.45) is 10.1 Å². The first-order chi connectivity index (χ1) is 15.4. The number of rotatable bonds is 3. The van der Waals surface area contributed by atoms with E-state index < -0.39 is 5.91 Å². The second kappa shape index (κ2) is 7.69. The fourth-order valence-corrected chi connectivity index (χ4v) is 4.57. The fraction of sp³-hybridized carbons (Fsp3) is 0.0870. The van der Waals surface area contributed by atoms with E-state index in [0.29, 0.717) is 21.5 Å². The number of hydrogen-bond donors (Lipinski definition) is 1. The number of fused-ring (bicyclic) bond motifs is 1. The molecule has 2 aliphatic rings. The molecule has 0 bridgehead atoms. The number of aryl methyl sites for hydroxylation is 1. The quantitative estimate of drug-likeness (QED) is 0.611. The Kier molecular flexibility index (Phi) is 4.82. The van der Waals surface area contributed by atoms with Gasteiger partial charge >= 0.3 is 0 Å². The highest BCUT2D eigenvalue weighted by Gasteiger charge is 2.36. The molecule has 1 N–H and O–H groups in total. The second-order valence-electron chi connectivity index (χ2n) is 7.28. The lowest BCUT2D eigenvalue weighted by Gasteiger charge is -2.20. The van der Waals surface area contributed by atoms with Crippen LogP contribution in [0.5, 0.6) is 0 Å². The number of carbonyl (C=O) groups excluding carboxylic acids is 1. The van der Waals surface area contributed by atoms with Crippen molar-refractivity contribution in [1.82, 2.24) is 14.6 Å². The zero-order valence-electron chi connectivity index (χ0n) is 17.2. The summed E-state index contributed by atoms with van der Waals surface area (Å²) in [5, 5.41) is 15.4. The molecule has 1 amide bonds. The molecule has 0 saturated carbocycles. The molecule has 0 spiro atoms. The van der Waals surface area contributed by atoms with E-state index in [4.69, 9.17) is 5.41 Å². The van der Waals surface area contributed by atoms with Crippen LogP contribution in [0.4, 0.5) is 4.39 Å². The Morgan fingerprint density at radius 1 is 1.16 bits per heavy atom. The van der Waals surface area contributed by atoms with Crippen LogP contribution < -0.4 is 0 Å². The smallest absolute Gasteiger partial charge is 0.283 e. The minimum Gasteiger partial charge on any atom is -0.315 e. The lowest BCUT2D eigenvalue weighted by Crippen LogP contribution is -2.35. The molecule has 0 saturated heterocycles. The summed E-state index contributed by atoms with van der Waals surface area (Å²) in [5.74, 6) is -0.898. The number of amides is 1. The summed E-state index contributed by atoms with van der Waals surface area (Å²) in [6, 6.07) is 12.0. The minimum atomic E-state index is -0.507. The van der Waals surface area contributed by atoms with Gasteiger partial charge in [0.15, 0.2) is 5.84 Å². The molecule has 0 atom stereocenters. The van der Waals surface area contributed by atoms with Crippen molar-refractivity contribution >= 4 is 39.8 Å². The highest BCUT2D eigenvalue weighted by molar-refractivity contribution is 8.27. The summed E-state index contributed by atoms with van der Waals surface area (Å²) in [4.78, 5) is 21.0. The Morgan fingerprint density at radius 3 is 2.72 bits per heavy atom. The van der Waals surface area contributed by atoms with Gasteiger partial charge in [0.2, 0.25) is 5.17 Å². The van der Waals surface area contributed by atoms with Crippen LogP contribution in [0.2, 0.25) is 0 Å². The number of carbonyl (C=O) groups is 1. The number of pyridine rings is 1. The zero-order valence-corrected chi connectivity index (χ0v) is 18.0. The Morgan fingerprint density at radius 2 is 1.97 bits per heavy atom. The summed E-state index contributed by atoms with van der Waals surface area (Å²) in [5.41, 5.74) is 3.62. The van der Waals surface area contributed by atoms with Crippen molar-refractivity contribution in [2.45, 2.75) is 13.8 Å². The molecule has 5 rings (SSSR count). The Bertz CT molecular complexity index is 1370. The molecule has 0 fully saturated rings. The number of hydrazone groups is 1. The summed E-state index contributed by atoms with van der Waals surface area (Å²) in [6.07, 6.45) is 4.95. The standard InChI is InChI=1S/C23H17FN6OS/c1-13-10-16(14(2)29(13)19-8-4-3-7-18(19)24)11-17-20(25)30-23(27-21(17)31)32-22(28-30)15-6-5-9-26-12-15/h3-12,25H,1-2H3. The third kappa shape index (κ3) is 3.27. The normalized spacial score (nSPS) is 17.0. The van der Waals surface area contributed by atoms with E-state index in [1.54, 1.807) is 47.3 Å². The molecule has 3 aromatic rings. The average Bonchev–Trinajstić information content (AvgIpc) is 3.33.